The molecule has 0 saturated carbocycles. The van der Waals surface area contributed by atoms with Crippen LogP contribution in [-0.4, -0.2) is 39.5 Å². The third-order valence-corrected chi connectivity index (χ3v) is 5.28. The summed E-state index contributed by atoms with van der Waals surface area (Å²) in [6, 6.07) is 11.8. The second-order valence-electron chi connectivity index (χ2n) is 6.46. The summed E-state index contributed by atoms with van der Waals surface area (Å²) in [7, 11) is 0. The van der Waals surface area contributed by atoms with Crippen LogP contribution in [0.2, 0.25) is 0 Å². The molecule has 0 spiro atoms. The maximum absolute atomic E-state index is 12.8. The lowest BCUT2D eigenvalue weighted by molar-refractivity contribution is -0.139. The first-order valence-electron chi connectivity index (χ1n) is 9.55. The molecule has 1 aliphatic rings. The molecule has 0 radical (unpaired) electrons. The number of ether oxygens (including phenoxy) is 1. The lowest BCUT2D eigenvalue weighted by Gasteiger charge is -2.29. The van der Waals surface area contributed by atoms with Crippen molar-refractivity contribution in [2.24, 2.45) is 0 Å². The Hall–Kier alpha value is -3.66. The second-order valence-corrected chi connectivity index (χ2v) is 7.38. The SMILES string of the molecule is CCOC(=O)C1=C(CSc2nnc(-c3cccnc3)o2)NC(=O)N[C@@H]1c1ccccc1. The van der Waals surface area contributed by atoms with E-state index in [4.69, 9.17) is 9.15 Å². The number of nitrogens with zero attached hydrogens (tertiary/aromatic N) is 3. The average Bonchev–Trinajstić information content (AvgIpc) is 3.28. The minimum absolute atomic E-state index is 0.219. The molecule has 9 nitrogen and oxygen atoms in total. The highest BCUT2D eigenvalue weighted by Gasteiger charge is 2.33. The van der Waals surface area contributed by atoms with Gasteiger partial charge in [0.25, 0.3) is 5.22 Å². The van der Waals surface area contributed by atoms with Crippen molar-refractivity contribution in [2.45, 2.75) is 18.2 Å². The number of carbonyl (C=O) groups excluding carboxylic acids is 2. The number of rotatable bonds is 7. The van der Waals surface area contributed by atoms with Gasteiger partial charge in [0.1, 0.15) is 0 Å². The van der Waals surface area contributed by atoms with Gasteiger partial charge in [-0.2, -0.15) is 0 Å². The van der Waals surface area contributed by atoms with E-state index in [9.17, 15) is 9.59 Å². The van der Waals surface area contributed by atoms with Crippen molar-refractivity contribution in [3.05, 3.63) is 71.7 Å². The van der Waals surface area contributed by atoms with Gasteiger partial charge in [0.15, 0.2) is 0 Å². The maximum atomic E-state index is 12.8. The molecular weight excluding hydrogens is 418 g/mol. The molecule has 0 saturated heterocycles. The summed E-state index contributed by atoms with van der Waals surface area (Å²) >= 11 is 1.21. The molecule has 0 bridgehead atoms. The minimum atomic E-state index is -0.627. The minimum Gasteiger partial charge on any atom is -0.463 e. The van der Waals surface area contributed by atoms with Crippen molar-refractivity contribution >= 4 is 23.8 Å². The van der Waals surface area contributed by atoms with Crippen LogP contribution < -0.4 is 10.6 Å². The largest absolute Gasteiger partial charge is 0.463 e. The van der Waals surface area contributed by atoms with Crippen LogP contribution in [0.5, 0.6) is 0 Å². The predicted octanol–water partition coefficient (Wildman–Crippen LogP) is 3.10. The van der Waals surface area contributed by atoms with E-state index < -0.39 is 18.0 Å². The normalized spacial score (nSPS) is 15.9. The van der Waals surface area contributed by atoms with Crippen molar-refractivity contribution in [1.82, 2.24) is 25.8 Å². The Balaban J connectivity index is 1.61. The van der Waals surface area contributed by atoms with Gasteiger partial charge in [-0.3, -0.25) is 4.98 Å². The Morgan fingerprint density at radius 1 is 1.19 bits per heavy atom. The Morgan fingerprint density at radius 2 is 2.03 bits per heavy atom. The van der Waals surface area contributed by atoms with E-state index in [1.54, 1.807) is 25.4 Å². The van der Waals surface area contributed by atoms with Crippen molar-refractivity contribution in [2.75, 3.05) is 12.4 Å². The zero-order valence-corrected chi connectivity index (χ0v) is 17.4. The van der Waals surface area contributed by atoms with Crippen LogP contribution in [0.1, 0.15) is 18.5 Å². The highest BCUT2D eigenvalue weighted by atomic mass is 32.2. The fourth-order valence-electron chi connectivity index (χ4n) is 3.09. The Morgan fingerprint density at radius 3 is 2.77 bits per heavy atom. The van der Waals surface area contributed by atoms with Crippen molar-refractivity contribution in [3.63, 3.8) is 0 Å². The first-order valence-corrected chi connectivity index (χ1v) is 10.5. The number of hydrogen-bond donors (Lipinski definition) is 2. The van der Waals surface area contributed by atoms with Gasteiger partial charge in [0.2, 0.25) is 5.89 Å². The van der Waals surface area contributed by atoms with Gasteiger partial charge in [-0.1, -0.05) is 42.1 Å². The lowest BCUT2D eigenvalue weighted by Crippen LogP contribution is -2.46. The molecule has 2 amide bonds. The summed E-state index contributed by atoms with van der Waals surface area (Å²) < 4.78 is 10.9. The van der Waals surface area contributed by atoms with Crippen LogP contribution in [0.25, 0.3) is 11.5 Å². The lowest BCUT2D eigenvalue weighted by atomic mass is 9.95. The second kappa shape index (κ2) is 9.43. The van der Waals surface area contributed by atoms with Gasteiger partial charge in [-0.05, 0) is 24.6 Å². The van der Waals surface area contributed by atoms with Gasteiger partial charge >= 0.3 is 12.0 Å². The molecule has 2 N–H and O–H groups in total. The van der Waals surface area contributed by atoms with Crippen LogP contribution in [0.4, 0.5) is 4.79 Å². The molecule has 0 fully saturated rings. The van der Waals surface area contributed by atoms with E-state index in [0.717, 1.165) is 5.56 Å². The summed E-state index contributed by atoms with van der Waals surface area (Å²) in [6.07, 6.45) is 3.28. The first-order chi connectivity index (χ1) is 15.2. The zero-order chi connectivity index (χ0) is 21.6. The van der Waals surface area contributed by atoms with Gasteiger partial charge < -0.3 is 19.8 Å². The number of benzene rings is 1. The van der Waals surface area contributed by atoms with Crippen LogP contribution in [-0.2, 0) is 9.53 Å². The van der Waals surface area contributed by atoms with Gasteiger partial charge in [0.05, 0.1) is 23.8 Å². The van der Waals surface area contributed by atoms with E-state index in [1.807, 2.05) is 36.4 Å². The molecule has 3 heterocycles. The number of esters is 1. The Bertz CT molecular complexity index is 1100. The summed E-state index contributed by atoms with van der Waals surface area (Å²) in [6.45, 7) is 1.95. The molecule has 3 aromatic rings. The molecule has 158 valence electrons. The molecule has 31 heavy (non-hydrogen) atoms. The van der Waals surface area contributed by atoms with Crippen LogP contribution >= 0.6 is 11.8 Å². The number of urea groups is 1. The van der Waals surface area contributed by atoms with E-state index in [-0.39, 0.29) is 12.4 Å². The van der Waals surface area contributed by atoms with Crippen molar-refractivity contribution in [3.8, 4) is 11.5 Å². The molecule has 1 atom stereocenters. The van der Waals surface area contributed by atoms with E-state index in [2.05, 4.69) is 25.8 Å². The average molecular weight is 437 g/mol. The first kappa shape index (κ1) is 20.6. The number of aromatic nitrogens is 3. The van der Waals surface area contributed by atoms with Crippen LogP contribution in [0.3, 0.4) is 0 Å². The summed E-state index contributed by atoms with van der Waals surface area (Å²) in [5.74, 6) is 0.0762. The number of pyridine rings is 1. The van der Waals surface area contributed by atoms with Crippen molar-refractivity contribution in [1.29, 1.82) is 0 Å². The summed E-state index contributed by atoms with van der Waals surface area (Å²) in [5, 5.41) is 13.9. The fourth-order valence-corrected chi connectivity index (χ4v) is 3.82. The fraction of sp³-hybridized carbons (Fsp3) is 0.190. The van der Waals surface area contributed by atoms with E-state index >= 15 is 0 Å². The Kier molecular flexibility index (Phi) is 6.27. The van der Waals surface area contributed by atoms with Gasteiger partial charge in [0, 0.05) is 23.8 Å². The predicted molar refractivity (Wildman–Crippen MR) is 113 cm³/mol. The summed E-state index contributed by atoms with van der Waals surface area (Å²) in [4.78, 5) is 29.1. The zero-order valence-electron chi connectivity index (χ0n) is 16.6. The molecule has 1 aromatic carbocycles. The van der Waals surface area contributed by atoms with Crippen molar-refractivity contribution < 1.29 is 18.7 Å². The number of nitrogens with one attached hydrogen (secondary N) is 2. The monoisotopic (exact) mass is 437 g/mol. The summed E-state index contributed by atoms with van der Waals surface area (Å²) in [5.41, 5.74) is 2.25. The highest BCUT2D eigenvalue weighted by Crippen LogP contribution is 2.31. The number of hydrogen-bond acceptors (Lipinski definition) is 8. The van der Waals surface area contributed by atoms with Gasteiger partial charge in [-0.15, -0.1) is 10.2 Å². The smallest absolute Gasteiger partial charge is 0.338 e. The quantitative estimate of drug-likeness (QED) is 0.427. The topological polar surface area (TPSA) is 119 Å². The molecule has 0 unspecified atom stereocenters. The molecule has 2 aromatic heterocycles. The number of thioether (sulfide) groups is 1. The maximum Gasteiger partial charge on any atom is 0.338 e. The molecule has 1 aliphatic heterocycles. The third-order valence-electron chi connectivity index (χ3n) is 4.44. The number of carbonyl (C=O) groups is 2. The van der Waals surface area contributed by atoms with E-state index in [0.29, 0.717) is 27.9 Å². The number of amides is 2. The molecular formula is C21H19N5O4S. The highest BCUT2D eigenvalue weighted by molar-refractivity contribution is 7.99. The molecule has 4 rings (SSSR count). The standard InChI is InChI=1S/C21H19N5O4S/c1-2-29-19(27)16-15(23-20(28)24-17(16)13-7-4-3-5-8-13)12-31-21-26-25-18(30-21)14-9-6-10-22-11-14/h3-11,17H,2,12H2,1H3,(H2,23,24,28)/t17-/m1/s1. The third kappa shape index (κ3) is 4.75. The van der Waals surface area contributed by atoms with Crippen LogP contribution in [0, 0.1) is 0 Å². The Labute approximate surface area is 182 Å². The molecule has 10 heteroatoms. The van der Waals surface area contributed by atoms with Gasteiger partial charge in [-0.25, -0.2) is 9.59 Å². The molecule has 0 aliphatic carbocycles. The van der Waals surface area contributed by atoms with E-state index in [1.165, 1.54) is 11.8 Å². The van der Waals surface area contributed by atoms with Crippen LogP contribution in [0.15, 0.2) is 75.8 Å².